The summed E-state index contributed by atoms with van der Waals surface area (Å²) in [4.78, 5) is 40.1. The number of hydrogen-bond acceptors (Lipinski definition) is 16. The van der Waals surface area contributed by atoms with Crippen LogP contribution < -0.4 is 40.9 Å². The Balaban J connectivity index is -0.0000000402. The van der Waals surface area contributed by atoms with Crippen molar-refractivity contribution in [1.29, 1.82) is 0 Å². The van der Waals surface area contributed by atoms with E-state index in [1.807, 2.05) is 0 Å². The number of rotatable bonds is 4. The standard InChI is InChI=1S/4C7H6O2.4CH4O.4CH3O.4Ni/c4*8-5-6-3-1-2-4-7(6)9;8*1-2;;;;/h4*1-5,9H;4*2H,1H3;4*1H3;;;;/q;;;;;;;;4*-1;4*+2/p-4. The summed E-state index contributed by atoms with van der Waals surface area (Å²) in [5, 5.41) is 103. The maximum Gasteiger partial charge on any atom is 2.00 e. The zero-order valence-electron chi connectivity index (χ0n) is 31.5. The third kappa shape index (κ3) is 52.5. The van der Waals surface area contributed by atoms with E-state index in [1.54, 1.807) is 48.5 Å². The summed E-state index contributed by atoms with van der Waals surface area (Å²) >= 11 is 0. The van der Waals surface area contributed by atoms with Crippen molar-refractivity contribution in [2.45, 2.75) is 0 Å². The fourth-order valence-electron chi connectivity index (χ4n) is 2.31. The van der Waals surface area contributed by atoms with Crippen LogP contribution in [0.4, 0.5) is 0 Å². The monoisotopic (exact) mass is 968 g/mol. The molecule has 4 aromatic rings. The topological polar surface area (TPSA) is 334 Å². The van der Waals surface area contributed by atoms with Crippen LogP contribution in [0.25, 0.3) is 0 Å². The van der Waals surface area contributed by atoms with Crippen molar-refractivity contribution in [2.75, 3.05) is 56.9 Å². The van der Waals surface area contributed by atoms with Crippen LogP contribution >= 0.6 is 0 Å². The minimum atomic E-state index is -0.215. The van der Waals surface area contributed by atoms with Gasteiger partial charge in [0.15, 0.2) is 0 Å². The third-order valence-corrected chi connectivity index (χ3v) is 4.18. The van der Waals surface area contributed by atoms with Crippen molar-refractivity contribution in [3.05, 3.63) is 119 Å². The number of aldehydes is 4. The van der Waals surface area contributed by atoms with Crippen LogP contribution in [0.1, 0.15) is 41.4 Å². The van der Waals surface area contributed by atoms with E-state index in [4.69, 9.17) is 40.9 Å². The number of benzene rings is 4. The van der Waals surface area contributed by atoms with Gasteiger partial charge in [0, 0.05) is 50.7 Å². The fourth-order valence-corrected chi connectivity index (χ4v) is 2.31. The zero-order chi connectivity index (χ0) is 42.8. The van der Waals surface area contributed by atoms with Crippen LogP contribution in [0, 0.1) is 0 Å². The molecule has 0 radical (unpaired) electrons. The van der Waals surface area contributed by atoms with Crippen LogP contribution in [-0.2, 0) is 66.0 Å². The molecule has 0 aliphatic heterocycles. The van der Waals surface area contributed by atoms with Gasteiger partial charge < -0.3 is 61.3 Å². The van der Waals surface area contributed by atoms with Gasteiger partial charge in [0.1, 0.15) is 25.1 Å². The van der Waals surface area contributed by atoms with Crippen molar-refractivity contribution in [1.82, 2.24) is 0 Å². The number of carbonyl (C=O) groups excluding carboxylic acids is 4. The fraction of sp³-hybridized carbons (Fsp3) is 0.222. The van der Waals surface area contributed by atoms with Crippen LogP contribution in [-0.4, -0.2) is 102 Å². The number of aliphatic hydroxyl groups excluding tert-OH is 4. The Morgan fingerprint density at radius 1 is 0.304 bits per heavy atom. The molecule has 0 unspecified atom stereocenters. The van der Waals surface area contributed by atoms with E-state index in [0.29, 0.717) is 25.1 Å². The molecular weight excluding hydrogens is 923 g/mol. The summed E-state index contributed by atoms with van der Waals surface area (Å²) < 4.78 is 0. The van der Waals surface area contributed by atoms with Gasteiger partial charge in [-0.15, -0.1) is 0 Å². The molecule has 4 N–H and O–H groups in total. The number of hydrogen-bond donors (Lipinski definition) is 4. The van der Waals surface area contributed by atoms with E-state index in [1.165, 1.54) is 48.5 Å². The minimum absolute atomic E-state index is 0. The molecule has 16 nitrogen and oxygen atoms in total. The molecular formula is C36H48Ni4O16. The van der Waals surface area contributed by atoms with Crippen LogP contribution in [0.2, 0.25) is 0 Å². The first kappa shape index (κ1) is 84.8. The van der Waals surface area contributed by atoms with E-state index in [-0.39, 0.29) is 111 Å². The normalized spacial score (nSPS) is 6.57. The molecule has 328 valence electrons. The van der Waals surface area contributed by atoms with Crippen LogP contribution in [0.3, 0.4) is 0 Å². The van der Waals surface area contributed by atoms with Crippen molar-refractivity contribution in [3.63, 3.8) is 0 Å². The summed E-state index contributed by atoms with van der Waals surface area (Å²) in [5.74, 6) is -0.861. The summed E-state index contributed by atoms with van der Waals surface area (Å²) in [6.45, 7) is 0. The Morgan fingerprint density at radius 3 is 0.482 bits per heavy atom. The van der Waals surface area contributed by atoms with Crippen LogP contribution in [0.15, 0.2) is 97.1 Å². The van der Waals surface area contributed by atoms with Crippen LogP contribution in [0.5, 0.6) is 23.0 Å². The molecule has 0 saturated carbocycles. The molecule has 0 bridgehead atoms. The molecule has 56 heavy (non-hydrogen) atoms. The van der Waals surface area contributed by atoms with Gasteiger partial charge >= 0.3 is 66.0 Å². The first-order valence-corrected chi connectivity index (χ1v) is 13.6. The van der Waals surface area contributed by atoms with Crippen molar-refractivity contribution in [3.8, 4) is 23.0 Å². The Hall–Kier alpha value is -3.59. The SMILES string of the molecule is CO.CO.CO.CO.C[O-].C[O-].C[O-].C[O-].O=Cc1ccccc1[O-].O=Cc1ccccc1[O-].O=Cc1ccccc1[O-].O=Cc1ccccc1[O-].[Ni+2].[Ni+2].[Ni+2].[Ni+2]. The van der Waals surface area contributed by atoms with Gasteiger partial charge in [-0.05, 0) is 0 Å². The summed E-state index contributed by atoms with van der Waals surface area (Å²) in [5.41, 5.74) is 0.880. The Morgan fingerprint density at radius 2 is 0.411 bits per heavy atom. The van der Waals surface area contributed by atoms with E-state index in [2.05, 4.69) is 0 Å². The largest absolute Gasteiger partial charge is 2.00 e. The molecule has 4 aromatic carbocycles. The minimum Gasteiger partial charge on any atom is -0.872 e. The predicted octanol–water partition coefficient (Wildman–Crippen LogP) is -3.38. The van der Waals surface area contributed by atoms with Gasteiger partial charge in [0.25, 0.3) is 0 Å². The Labute approximate surface area is 368 Å². The Kier molecular flexibility index (Phi) is 121. The maximum absolute atomic E-state index is 10.6. The number of aliphatic hydroxyl groups is 4. The smallest absolute Gasteiger partial charge is 0.872 e. The molecule has 0 saturated heterocycles. The van der Waals surface area contributed by atoms with Gasteiger partial charge in [-0.1, -0.05) is 120 Å². The van der Waals surface area contributed by atoms with E-state index >= 15 is 0 Å². The summed E-state index contributed by atoms with van der Waals surface area (Å²) in [7, 11) is 7.00. The molecule has 0 amide bonds. The molecule has 0 aliphatic rings. The second-order valence-electron chi connectivity index (χ2n) is 6.62. The van der Waals surface area contributed by atoms with E-state index < -0.39 is 0 Å². The molecule has 20 heteroatoms. The van der Waals surface area contributed by atoms with Gasteiger partial charge in [-0.25, -0.2) is 0 Å². The number of para-hydroxylation sites is 4. The first-order chi connectivity index (χ1) is 25.4. The average molecular weight is 972 g/mol. The van der Waals surface area contributed by atoms with Gasteiger partial charge in [0.2, 0.25) is 0 Å². The van der Waals surface area contributed by atoms with E-state index in [0.717, 1.165) is 56.9 Å². The molecule has 0 aromatic heterocycles. The van der Waals surface area contributed by atoms with Crippen molar-refractivity contribution < 1.29 is 146 Å². The molecule has 0 fully saturated rings. The second kappa shape index (κ2) is 80.0. The third-order valence-electron chi connectivity index (χ3n) is 4.18. The summed E-state index contributed by atoms with van der Waals surface area (Å²) in [6.07, 6.45) is 2.23. The predicted molar refractivity (Wildman–Crippen MR) is 181 cm³/mol. The van der Waals surface area contributed by atoms with E-state index in [9.17, 15) is 39.6 Å². The molecule has 0 atom stereocenters. The van der Waals surface area contributed by atoms with Crippen molar-refractivity contribution >= 4 is 25.1 Å². The Bertz CT molecular complexity index is 1110. The zero-order valence-corrected chi connectivity index (χ0v) is 35.5. The summed E-state index contributed by atoms with van der Waals surface area (Å²) in [6, 6.07) is 24.5. The quantitative estimate of drug-likeness (QED) is 0.115. The van der Waals surface area contributed by atoms with Gasteiger partial charge in [-0.2, -0.15) is 28.4 Å². The molecule has 0 aliphatic carbocycles. The van der Waals surface area contributed by atoms with Crippen molar-refractivity contribution in [2.24, 2.45) is 0 Å². The number of carbonyl (C=O) groups is 4. The molecule has 0 heterocycles. The average Bonchev–Trinajstić information content (AvgIpc) is 3.25. The first-order valence-electron chi connectivity index (χ1n) is 13.6. The molecule has 4 rings (SSSR count). The van der Waals surface area contributed by atoms with Gasteiger partial charge in [-0.3, -0.25) is 19.2 Å². The maximum atomic E-state index is 10.6. The van der Waals surface area contributed by atoms with Gasteiger partial charge in [0.05, 0.1) is 0 Å². The second-order valence-corrected chi connectivity index (χ2v) is 6.62. The molecule has 0 spiro atoms.